The second kappa shape index (κ2) is 6.78. The second-order valence-corrected chi connectivity index (χ2v) is 6.43. The Kier molecular flexibility index (Phi) is 4.28. The summed E-state index contributed by atoms with van der Waals surface area (Å²) in [4.78, 5) is 38.1. The molecular formula is C18H11ClN4O5. The van der Waals surface area contributed by atoms with Crippen molar-refractivity contribution in [3.63, 3.8) is 0 Å². The van der Waals surface area contributed by atoms with Gasteiger partial charge in [0.05, 0.1) is 5.52 Å². The zero-order valence-corrected chi connectivity index (χ0v) is 14.8. The van der Waals surface area contributed by atoms with Crippen LogP contribution >= 0.6 is 11.6 Å². The predicted molar refractivity (Wildman–Crippen MR) is 99.5 cm³/mol. The molecule has 3 N–H and O–H groups in total. The molecule has 28 heavy (non-hydrogen) atoms. The summed E-state index contributed by atoms with van der Waals surface area (Å²) in [5, 5.41) is 20.0. The number of amides is 1. The zero-order chi connectivity index (χ0) is 19.8. The van der Waals surface area contributed by atoms with Crippen molar-refractivity contribution in [2.45, 2.75) is 6.54 Å². The monoisotopic (exact) mass is 398 g/mol. The number of carbonyl (C=O) groups is 2. The van der Waals surface area contributed by atoms with E-state index in [4.69, 9.17) is 16.7 Å². The summed E-state index contributed by atoms with van der Waals surface area (Å²) in [5.41, 5.74) is 1.15. The van der Waals surface area contributed by atoms with Crippen molar-refractivity contribution in [3.8, 4) is 0 Å². The zero-order valence-electron chi connectivity index (χ0n) is 14.0. The highest BCUT2D eigenvalue weighted by molar-refractivity contribution is 6.31. The van der Waals surface area contributed by atoms with E-state index < -0.39 is 11.5 Å². The molecule has 9 nitrogen and oxygen atoms in total. The van der Waals surface area contributed by atoms with Gasteiger partial charge in [-0.1, -0.05) is 11.6 Å². The van der Waals surface area contributed by atoms with E-state index in [-0.39, 0.29) is 18.0 Å². The summed E-state index contributed by atoms with van der Waals surface area (Å²) in [6.45, 7) is 0.0629. The van der Waals surface area contributed by atoms with E-state index in [1.165, 1.54) is 18.2 Å². The first kappa shape index (κ1) is 17.7. The van der Waals surface area contributed by atoms with Gasteiger partial charge in [-0.3, -0.25) is 9.59 Å². The molecule has 0 fully saturated rings. The summed E-state index contributed by atoms with van der Waals surface area (Å²) in [5.74, 6) is -1.71. The quantitative estimate of drug-likeness (QED) is 0.479. The molecule has 140 valence electrons. The van der Waals surface area contributed by atoms with E-state index in [0.29, 0.717) is 38.1 Å². The van der Waals surface area contributed by atoms with Crippen molar-refractivity contribution in [2.75, 3.05) is 0 Å². The maximum absolute atomic E-state index is 12.4. The number of rotatable bonds is 4. The normalized spacial score (nSPS) is 11.0. The minimum Gasteiger partial charge on any atom is -0.477 e. The maximum Gasteiger partial charge on any atom is 0.341 e. The van der Waals surface area contributed by atoms with Crippen LogP contribution in [0.1, 0.15) is 26.3 Å². The van der Waals surface area contributed by atoms with Crippen LogP contribution in [-0.2, 0) is 6.54 Å². The number of aromatic nitrogens is 3. The first-order valence-corrected chi connectivity index (χ1v) is 8.39. The third-order valence-corrected chi connectivity index (χ3v) is 4.40. The van der Waals surface area contributed by atoms with Gasteiger partial charge in [0.15, 0.2) is 0 Å². The van der Waals surface area contributed by atoms with Gasteiger partial charge in [-0.25, -0.2) is 9.42 Å². The molecule has 10 heteroatoms. The number of benzene rings is 2. The Hall–Kier alpha value is -3.72. The number of fused-ring (bicyclic) bond motifs is 2. The van der Waals surface area contributed by atoms with Gasteiger partial charge < -0.3 is 15.4 Å². The number of pyridine rings is 1. The molecule has 0 saturated heterocycles. The lowest BCUT2D eigenvalue weighted by molar-refractivity contribution is 0.0695. The van der Waals surface area contributed by atoms with Gasteiger partial charge in [0, 0.05) is 22.5 Å². The van der Waals surface area contributed by atoms with E-state index in [9.17, 15) is 14.4 Å². The Morgan fingerprint density at radius 2 is 1.93 bits per heavy atom. The van der Waals surface area contributed by atoms with E-state index in [1.807, 2.05) is 0 Å². The van der Waals surface area contributed by atoms with Crippen LogP contribution in [0.3, 0.4) is 0 Å². The number of aromatic carboxylic acids is 1. The smallest absolute Gasteiger partial charge is 0.341 e. The first-order valence-electron chi connectivity index (χ1n) is 8.01. The molecule has 0 saturated carbocycles. The fraction of sp³-hybridized carbons (Fsp3) is 0.0556. The standard InChI is InChI=1S/C18H11ClN4O5/c19-11-3-9-5-12(18(26)27)17(25)21-15(9)10(4-11)7-20-16(24)8-1-2-13-14(6-8)23-28-22-13/h1-6H,7H2,(H,20,24)(H,21,25)(H,26,27). The number of halogens is 1. The summed E-state index contributed by atoms with van der Waals surface area (Å²) in [6, 6.07) is 9.11. The number of nitrogens with zero attached hydrogens (tertiary/aromatic N) is 2. The van der Waals surface area contributed by atoms with Crippen molar-refractivity contribution in [1.82, 2.24) is 20.6 Å². The summed E-state index contributed by atoms with van der Waals surface area (Å²) < 4.78 is 4.61. The number of carboxylic acids is 1. The van der Waals surface area contributed by atoms with E-state index in [1.54, 1.807) is 18.2 Å². The number of carboxylic acid groups (broad SMARTS) is 1. The van der Waals surface area contributed by atoms with E-state index >= 15 is 0 Å². The fourth-order valence-electron chi connectivity index (χ4n) is 2.85. The molecule has 4 aromatic rings. The lowest BCUT2D eigenvalue weighted by Crippen LogP contribution is -2.23. The molecule has 0 aliphatic heterocycles. The summed E-state index contributed by atoms with van der Waals surface area (Å²) in [7, 11) is 0. The van der Waals surface area contributed by atoms with Gasteiger partial charge in [-0.2, -0.15) is 0 Å². The van der Waals surface area contributed by atoms with Crippen molar-refractivity contribution in [1.29, 1.82) is 0 Å². The first-order chi connectivity index (χ1) is 13.4. The second-order valence-electron chi connectivity index (χ2n) is 6.00. The van der Waals surface area contributed by atoms with Crippen LogP contribution in [0.4, 0.5) is 0 Å². The van der Waals surface area contributed by atoms with Gasteiger partial charge >= 0.3 is 5.97 Å². The highest BCUT2D eigenvalue weighted by Gasteiger charge is 2.14. The van der Waals surface area contributed by atoms with Gasteiger partial charge in [0.25, 0.3) is 11.5 Å². The number of H-pyrrole nitrogens is 1. The number of hydrogen-bond donors (Lipinski definition) is 3. The van der Waals surface area contributed by atoms with Crippen LogP contribution in [0, 0.1) is 0 Å². The van der Waals surface area contributed by atoms with Crippen molar-refractivity contribution < 1.29 is 19.3 Å². The molecule has 0 aliphatic carbocycles. The summed E-state index contributed by atoms with van der Waals surface area (Å²) in [6.07, 6.45) is 0. The lowest BCUT2D eigenvalue weighted by Gasteiger charge is -2.10. The molecule has 4 rings (SSSR count). The predicted octanol–water partition coefficient (Wildman–Crippen LogP) is 2.35. The Labute approximate surface area is 160 Å². The summed E-state index contributed by atoms with van der Waals surface area (Å²) >= 11 is 6.10. The fourth-order valence-corrected chi connectivity index (χ4v) is 3.10. The molecule has 2 aromatic heterocycles. The van der Waals surface area contributed by atoms with Crippen molar-refractivity contribution in [3.05, 3.63) is 68.5 Å². The topological polar surface area (TPSA) is 138 Å². The Balaban J connectivity index is 1.65. The molecule has 0 unspecified atom stereocenters. The molecular weight excluding hydrogens is 388 g/mol. The highest BCUT2D eigenvalue weighted by atomic mass is 35.5. The van der Waals surface area contributed by atoms with Gasteiger partial charge in [-0.15, -0.1) is 0 Å². The SMILES string of the molecule is O=C(NCc1cc(Cl)cc2cc(C(=O)O)c(=O)[nH]c12)c1ccc2nonc2c1. The molecule has 1 amide bonds. The highest BCUT2D eigenvalue weighted by Crippen LogP contribution is 2.22. The number of nitrogens with one attached hydrogen (secondary N) is 2. The largest absolute Gasteiger partial charge is 0.477 e. The van der Waals surface area contributed by atoms with E-state index in [2.05, 4.69) is 25.2 Å². The minimum atomic E-state index is -1.34. The van der Waals surface area contributed by atoms with Crippen molar-refractivity contribution >= 4 is 45.4 Å². The number of hydrogen-bond acceptors (Lipinski definition) is 6. The number of aromatic amines is 1. The van der Waals surface area contributed by atoms with E-state index in [0.717, 1.165) is 0 Å². The minimum absolute atomic E-state index is 0.0629. The maximum atomic E-state index is 12.4. The Morgan fingerprint density at radius 1 is 1.14 bits per heavy atom. The molecule has 0 aliphatic rings. The van der Waals surface area contributed by atoms with Crippen LogP contribution < -0.4 is 10.9 Å². The molecule has 2 aromatic carbocycles. The van der Waals surface area contributed by atoms with Crippen LogP contribution in [0.15, 0.2) is 45.8 Å². The Morgan fingerprint density at radius 3 is 2.71 bits per heavy atom. The van der Waals surface area contributed by atoms with Gasteiger partial charge in [-0.05, 0) is 52.3 Å². The number of carbonyl (C=O) groups excluding carboxylic acids is 1. The van der Waals surface area contributed by atoms with Crippen LogP contribution in [-0.4, -0.2) is 32.3 Å². The average Bonchev–Trinajstić information content (AvgIpc) is 3.13. The molecule has 0 atom stereocenters. The third-order valence-electron chi connectivity index (χ3n) is 4.18. The Bertz CT molecular complexity index is 1310. The van der Waals surface area contributed by atoms with Crippen LogP contribution in [0.5, 0.6) is 0 Å². The van der Waals surface area contributed by atoms with Crippen LogP contribution in [0.25, 0.3) is 21.9 Å². The average molecular weight is 399 g/mol. The lowest BCUT2D eigenvalue weighted by atomic mass is 10.1. The van der Waals surface area contributed by atoms with Gasteiger partial charge in [0.2, 0.25) is 0 Å². The molecule has 2 heterocycles. The third kappa shape index (κ3) is 3.19. The molecule has 0 spiro atoms. The van der Waals surface area contributed by atoms with Crippen molar-refractivity contribution in [2.24, 2.45) is 0 Å². The van der Waals surface area contributed by atoms with Gasteiger partial charge in [0.1, 0.15) is 16.6 Å². The van der Waals surface area contributed by atoms with Crippen LogP contribution in [0.2, 0.25) is 5.02 Å². The molecule has 0 radical (unpaired) electrons. The molecule has 0 bridgehead atoms.